The van der Waals surface area contributed by atoms with Gasteiger partial charge in [0.25, 0.3) is 0 Å². The lowest BCUT2D eigenvalue weighted by Crippen LogP contribution is -2.51. The van der Waals surface area contributed by atoms with Crippen LogP contribution in [0.25, 0.3) is 32.9 Å². The van der Waals surface area contributed by atoms with Crippen LogP contribution in [0.2, 0.25) is 0 Å². The van der Waals surface area contributed by atoms with Crippen LogP contribution < -0.4 is 15.0 Å². The highest BCUT2D eigenvalue weighted by molar-refractivity contribution is 6.04. The molecule has 2 aromatic heterocycles. The van der Waals surface area contributed by atoms with Gasteiger partial charge in [-0.25, -0.2) is 4.39 Å². The van der Waals surface area contributed by atoms with Crippen molar-refractivity contribution >= 4 is 27.5 Å². The Morgan fingerprint density at radius 1 is 1.13 bits per heavy atom. The summed E-state index contributed by atoms with van der Waals surface area (Å²) in [6.07, 6.45) is 5.13. The van der Waals surface area contributed by atoms with Gasteiger partial charge in [-0.3, -0.25) is 9.88 Å². The summed E-state index contributed by atoms with van der Waals surface area (Å²) in [5.74, 6) is 2.65. The zero-order valence-corrected chi connectivity index (χ0v) is 24.9. The molecule has 0 radical (unpaired) electrons. The number of benzene rings is 2. The van der Waals surface area contributed by atoms with Gasteiger partial charge in [0.05, 0.1) is 22.1 Å². The van der Waals surface area contributed by atoms with Gasteiger partial charge >= 0.3 is 12.2 Å². The van der Waals surface area contributed by atoms with E-state index >= 15 is 13.2 Å². The summed E-state index contributed by atoms with van der Waals surface area (Å²) in [6.45, 7) is 2.28. The summed E-state index contributed by atoms with van der Waals surface area (Å²) in [5, 5.41) is 15.1. The first-order valence-electron chi connectivity index (χ1n) is 15.7. The zero-order chi connectivity index (χ0) is 31.8. The lowest BCUT2D eigenvalue weighted by atomic mass is 9.94. The first kappa shape index (κ1) is 29.2. The number of piperazine rings is 1. The van der Waals surface area contributed by atoms with E-state index < -0.39 is 29.1 Å². The Bertz CT molecular complexity index is 1900. The molecule has 4 fully saturated rings. The summed E-state index contributed by atoms with van der Waals surface area (Å²) >= 11 is 0. The number of alkyl halides is 4. The molecule has 2 aromatic carbocycles. The zero-order valence-electron chi connectivity index (χ0n) is 24.9. The summed E-state index contributed by atoms with van der Waals surface area (Å²) < 4.78 is 66.6. The van der Waals surface area contributed by atoms with Crippen LogP contribution in [0.4, 0.5) is 23.4 Å². The molecule has 2 N–H and O–H groups in total. The highest BCUT2D eigenvalue weighted by Crippen LogP contribution is 2.46. The smallest absolute Gasteiger partial charge is 0.420 e. The second-order valence-corrected chi connectivity index (χ2v) is 13.0. The van der Waals surface area contributed by atoms with E-state index in [2.05, 4.69) is 26.1 Å². The molecule has 0 spiro atoms. The third kappa shape index (κ3) is 4.79. The fourth-order valence-corrected chi connectivity index (χ4v) is 8.17. The summed E-state index contributed by atoms with van der Waals surface area (Å²) in [4.78, 5) is 17.6. The Morgan fingerprint density at radius 2 is 1.93 bits per heavy atom. The molecule has 2 bridgehead atoms. The quantitative estimate of drug-likeness (QED) is 0.222. The number of rotatable bonds is 5. The number of aromatic hydroxyl groups is 1. The molecule has 238 valence electrons. The monoisotopic (exact) mass is 632 g/mol. The number of terminal acetylenes is 1. The van der Waals surface area contributed by atoms with Crippen molar-refractivity contribution in [3.8, 4) is 35.4 Å². The number of aromatic nitrogens is 3. The number of phenolic OH excluding ortho intramolecular Hbond substituents is 1. The number of fused-ring (bicyclic) bond motifs is 5. The normalized spacial score (nSPS) is 26.2. The molecule has 4 aromatic rings. The highest BCUT2D eigenvalue weighted by atomic mass is 19.4. The molecule has 8 rings (SSSR count). The number of hydrogen-bond acceptors (Lipinski definition) is 8. The van der Waals surface area contributed by atoms with Crippen molar-refractivity contribution < 1.29 is 27.4 Å². The summed E-state index contributed by atoms with van der Waals surface area (Å²) in [6, 6.07) is 7.89. The molecule has 0 aliphatic carbocycles. The highest BCUT2D eigenvalue weighted by Gasteiger charge is 2.49. The van der Waals surface area contributed by atoms with E-state index in [-0.39, 0.29) is 46.9 Å². The van der Waals surface area contributed by atoms with Gasteiger partial charge in [-0.2, -0.15) is 23.1 Å². The molecular weight excluding hydrogens is 600 g/mol. The number of nitrogens with zero attached hydrogens (tertiary/aromatic N) is 5. The average Bonchev–Trinajstić information content (AvgIpc) is 3.67. The molecule has 46 heavy (non-hydrogen) atoms. The minimum absolute atomic E-state index is 0.0426. The second-order valence-electron chi connectivity index (χ2n) is 13.0. The van der Waals surface area contributed by atoms with Gasteiger partial charge in [0.15, 0.2) is 0 Å². The Labute approximate surface area is 262 Å². The van der Waals surface area contributed by atoms with Crippen LogP contribution in [0.3, 0.4) is 0 Å². The molecule has 6 heterocycles. The number of ether oxygens (including phenoxy) is 1. The van der Waals surface area contributed by atoms with Crippen LogP contribution in [0.5, 0.6) is 11.8 Å². The van der Waals surface area contributed by atoms with Gasteiger partial charge in [0.2, 0.25) is 0 Å². The van der Waals surface area contributed by atoms with Crippen LogP contribution in [-0.4, -0.2) is 81.5 Å². The van der Waals surface area contributed by atoms with E-state index in [9.17, 15) is 9.50 Å². The predicted molar refractivity (Wildman–Crippen MR) is 166 cm³/mol. The standard InChI is InChI=1S/C34H32F4N6O2/c1-2-19-5-3-6-20-11-24(45)12-25(27(19)20)29-28(34(36,37)38)30-26(14-39-29)31(43-16-22-7-8-23(17-43)40-22)42-32(41-30)46-18-33-9-4-10-44(33)15-21(35)13-33/h1,3,5-6,11-12,14,21-23,40,45H,4,7-10,13,15-18H2/t21-,22?,23?,33+/m1/s1. The lowest BCUT2D eigenvalue weighted by molar-refractivity contribution is -0.136. The molecule has 4 aliphatic heterocycles. The van der Waals surface area contributed by atoms with Crippen molar-refractivity contribution in [2.24, 2.45) is 0 Å². The lowest BCUT2D eigenvalue weighted by Gasteiger charge is -2.35. The van der Waals surface area contributed by atoms with Crippen LogP contribution in [0, 0.1) is 12.3 Å². The van der Waals surface area contributed by atoms with Gasteiger partial charge in [-0.15, -0.1) is 6.42 Å². The minimum atomic E-state index is -4.90. The molecule has 4 atom stereocenters. The van der Waals surface area contributed by atoms with Gasteiger partial charge in [0, 0.05) is 60.8 Å². The predicted octanol–water partition coefficient (Wildman–Crippen LogP) is 5.45. The topological polar surface area (TPSA) is 86.6 Å². The summed E-state index contributed by atoms with van der Waals surface area (Å²) in [5.41, 5.74) is -1.95. The van der Waals surface area contributed by atoms with Crippen LogP contribution >= 0.6 is 0 Å². The molecule has 0 saturated carbocycles. The molecule has 12 heteroatoms. The Hall–Kier alpha value is -4.21. The number of phenols is 1. The molecule has 4 aliphatic rings. The van der Waals surface area contributed by atoms with Crippen molar-refractivity contribution in [2.75, 3.05) is 37.7 Å². The van der Waals surface area contributed by atoms with Gasteiger partial charge in [-0.1, -0.05) is 18.1 Å². The van der Waals surface area contributed by atoms with E-state index in [1.807, 2.05) is 4.90 Å². The maximum Gasteiger partial charge on any atom is 0.420 e. The van der Waals surface area contributed by atoms with Crippen molar-refractivity contribution in [1.29, 1.82) is 0 Å². The third-order valence-corrected chi connectivity index (χ3v) is 10.1. The number of nitrogens with one attached hydrogen (secondary N) is 1. The van der Waals surface area contributed by atoms with Gasteiger partial charge in [-0.05, 0) is 55.8 Å². The maximum atomic E-state index is 15.3. The fourth-order valence-electron chi connectivity index (χ4n) is 8.17. The summed E-state index contributed by atoms with van der Waals surface area (Å²) in [7, 11) is 0. The number of pyridine rings is 1. The van der Waals surface area contributed by atoms with E-state index in [1.54, 1.807) is 18.2 Å². The first-order valence-corrected chi connectivity index (χ1v) is 15.7. The SMILES string of the molecule is C#Cc1cccc2cc(O)cc(-c3ncc4c(N5CC6CCC(C5)N6)nc(OC[C@@]56CCCN5C[C@H](F)C6)nc4c3C(F)(F)F)c12. The number of halogens is 4. The van der Waals surface area contributed by atoms with E-state index in [0.29, 0.717) is 48.2 Å². The molecule has 2 unspecified atom stereocenters. The van der Waals surface area contributed by atoms with Gasteiger partial charge in [0.1, 0.15) is 29.9 Å². The molecular formula is C34H32F4N6O2. The maximum absolute atomic E-state index is 15.3. The Balaban J connectivity index is 1.33. The van der Waals surface area contributed by atoms with Crippen molar-refractivity contribution in [3.05, 3.63) is 47.7 Å². The van der Waals surface area contributed by atoms with Gasteiger partial charge < -0.3 is 20.1 Å². The van der Waals surface area contributed by atoms with E-state index in [4.69, 9.17) is 16.1 Å². The third-order valence-electron chi connectivity index (χ3n) is 10.1. The largest absolute Gasteiger partial charge is 0.508 e. The van der Waals surface area contributed by atoms with E-state index in [0.717, 1.165) is 32.2 Å². The fraction of sp³-hybridized carbons (Fsp3) is 0.441. The van der Waals surface area contributed by atoms with Crippen LogP contribution in [0.1, 0.15) is 43.2 Å². The Kier molecular flexibility index (Phi) is 6.78. The van der Waals surface area contributed by atoms with Crippen molar-refractivity contribution in [2.45, 2.75) is 62.1 Å². The molecule has 0 amide bonds. The second kappa shape index (κ2) is 10.7. The van der Waals surface area contributed by atoms with Crippen LogP contribution in [-0.2, 0) is 6.18 Å². The van der Waals surface area contributed by atoms with Crippen molar-refractivity contribution in [3.63, 3.8) is 0 Å². The number of hydrogen-bond donors (Lipinski definition) is 2. The molecule has 8 nitrogen and oxygen atoms in total. The molecule has 4 saturated heterocycles. The van der Waals surface area contributed by atoms with Crippen molar-refractivity contribution in [1.82, 2.24) is 25.2 Å². The Morgan fingerprint density at radius 3 is 2.70 bits per heavy atom. The average molecular weight is 633 g/mol. The van der Waals surface area contributed by atoms with Crippen LogP contribution in [0.15, 0.2) is 36.5 Å². The first-order chi connectivity index (χ1) is 22.1. The minimum Gasteiger partial charge on any atom is -0.508 e. The number of anilines is 1. The van der Waals surface area contributed by atoms with E-state index in [1.165, 1.54) is 18.3 Å².